The van der Waals surface area contributed by atoms with Crippen molar-refractivity contribution in [1.82, 2.24) is 15.3 Å². The van der Waals surface area contributed by atoms with Crippen molar-refractivity contribution in [3.05, 3.63) is 53.9 Å². The van der Waals surface area contributed by atoms with Crippen LogP contribution in [0.1, 0.15) is 11.4 Å². The topological polar surface area (TPSA) is 64.1 Å². The van der Waals surface area contributed by atoms with Crippen LogP contribution in [-0.2, 0) is 11.3 Å². The van der Waals surface area contributed by atoms with Gasteiger partial charge in [0.25, 0.3) is 5.91 Å². The standard InChI is InChI=1S/C14H14FN3O2/c1-10-6-11(18-9-17-10)7-16-14(19)8-20-13-5-3-2-4-12(13)15/h2-6,9H,7-8H2,1H3,(H,16,19). The van der Waals surface area contributed by atoms with Gasteiger partial charge in [0, 0.05) is 5.69 Å². The number of ether oxygens (including phenoxy) is 1. The van der Waals surface area contributed by atoms with E-state index in [1.54, 1.807) is 18.2 Å². The quantitative estimate of drug-likeness (QED) is 0.900. The van der Waals surface area contributed by atoms with Gasteiger partial charge in [0.2, 0.25) is 0 Å². The molecule has 2 rings (SSSR count). The highest BCUT2D eigenvalue weighted by molar-refractivity contribution is 5.77. The van der Waals surface area contributed by atoms with Crippen LogP contribution in [-0.4, -0.2) is 22.5 Å². The molecular formula is C14H14FN3O2. The predicted octanol–water partition coefficient (Wildman–Crippen LogP) is 1.62. The zero-order valence-corrected chi connectivity index (χ0v) is 11.0. The summed E-state index contributed by atoms with van der Waals surface area (Å²) in [5, 5.41) is 2.64. The van der Waals surface area contributed by atoms with Crippen molar-refractivity contribution in [3.8, 4) is 5.75 Å². The third-order valence-electron chi connectivity index (χ3n) is 2.52. The first-order valence-electron chi connectivity index (χ1n) is 6.06. The first-order valence-corrected chi connectivity index (χ1v) is 6.06. The molecule has 0 aliphatic carbocycles. The molecule has 20 heavy (non-hydrogen) atoms. The molecule has 1 aromatic carbocycles. The summed E-state index contributed by atoms with van der Waals surface area (Å²) in [6.45, 7) is 1.88. The molecule has 0 radical (unpaired) electrons. The van der Waals surface area contributed by atoms with Gasteiger partial charge in [0.15, 0.2) is 18.2 Å². The average molecular weight is 275 g/mol. The highest BCUT2D eigenvalue weighted by Gasteiger charge is 2.06. The van der Waals surface area contributed by atoms with Gasteiger partial charge in [-0.3, -0.25) is 4.79 Å². The first kappa shape index (κ1) is 13.9. The third-order valence-corrected chi connectivity index (χ3v) is 2.52. The van der Waals surface area contributed by atoms with Gasteiger partial charge >= 0.3 is 0 Å². The van der Waals surface area contributed by atoms with Crippen LogP contribution in [0.5, 0.6) is 5.75 Å². The Labute approximate surface area is 115 Å². The van der Waals surface area contributed by atoms with Crippen LogP contribution in [0.25, 0.3) is 0 Å². The van der Waals surface area contributed by atoms with Gasteiger partial charge in [-0.2, -0.15) is 0 Å². The molecule has 0 bridgehead atoms. The number of nitrogens with one attached hydrogen (secondary N) is 1. The monoisotopic (exact) mass is 275 g/mol. The fraction of sp³-hybridized carbons (Fsp3) is 0.214. The summed E-state index contributed by atoms with van der Waals surface area (Å²) in [6.07, 6.45) is 1.44. The van der Waals surface area contributed by atoms with Crippen molar-refractivity contribution >= 4 is 5.91 Å². The maximum Gasteiger partial charge on any atom is 0.258 e. The van der Waals surface area contributed by atoms with Gasteiger partial charge in [-0.25, -0.2) is 14.4 Å². The molecule has 6 heteroatoms. The van der Waals surface area contributed by atoms with Gasteiger partial charge < -0.3 is 10.1 Å². The lowest BCUT2D eigenvalue weighted by Crippen LogP contribution is -2.28. The van der Waals surface area contributed by atoms with Gasteiger partial charge in [-0.15, -0.1) is 0 Å². The Morgan fingerprint density at radius 2 is 2.15 bits per heavy atom. The molecule has 0 atom stereocenters. The maximum absolute atomic E-state index is 13.3. The summed E-state index contributed by atoms with van der Waals surface area (Å²) in [5.41, 5.74) is 1.53. The number of hydrogen-bond acceptors (Lipinski definition) is 4. The second kappa shape index (κ2) is 6.60. The predicted molar refractivity (Wildman–Crippen MR) is 70.5 cm³/mol. The number of aromatic nitrogens is 2. The smallest absolute Gasteiger partial charge is 0.258 e. The number of benzene rings is 1. The van der Waals surface area contributed by atoms with Crippen molar-refractivity contribution in [2.24, 2.45) is 0 Å². The van der Waals surface area contributed by atoms with Crippen molar-refractivity contribution in [3.63, 3.8) is 0 Å². The summed E-state index contributed by atoms with van der Waals surface area (Å²) >= 11 is 0. The normalized spacial score (nSPS) is 10.1. The number of carbonyl (C=O) groups is 1. The number of amides is 1. The molecule has 0 aliphatic heterocycles. The van der Waals surface area contributed by atoms with Crippen molar-refractivity contribution in [2.75, 3.05) is 6.61 Å². The molecule has 0 fully saturated rings. The minimum Gasteiger partial charge on any atom is -0.481 e. The summed E-state index contributed by atoms with van der Waals surface area (Å²) < 4.78 is 18.4. The minimum atomic E-state index is -0.494. The Hall–Kier alpha value is -2.50. The molecule has 0 saturated heterocycles. The lowest BCUT2D eigenvalue weighted by molar-refractivity contribution is -0.123. The summed E-state index contributed by atoms with van der Waals surface area (Å²) in [5.74, 6) is -0.781. The molecule has 0 unspecified atom stereocenters. The molecule has 2 aromatic rings. The Balaban J connectivity index is 1.80. The van der Waals surface area contributed by atoms with Crippen LogP contribution < -0.4 is 10.1 Å². The lowest BCUT2D eigenvalue weighted by atomic mass is 10.3. The molecule has 104 valence electrons. The molecule has 1 N–H and O–H groups in total. The highest BCUT2D eigenvalue weighted by atomic mass is 19.1. The van der Waals surface area contributed by atoms with Crippen LogP contribution in [0.15, 0.2) is 36.7 Å². The lowest BCUT2D eigenvalue weighted by Gasteiger charge is -2.08. The van der Waals surface area contributed by atoms with Crippen molar-refractivity contribution in [2.45, 2.75) is 13.5 Å². The molecule has 1 heterocycles. The van der Waals surface area contributed by atoms with E-state index in [4.69, 9.17) is 4.74 Å². The van der Waals surface area contributed by atoms with E-state index in [-0.39, 0.29) is 24.8 Å². The van der Waals surface area contributed by atoms with Crippen molar-refractivity contribution < 1.29 is 13.9 Å². The molecule has 0 aliphatic rings. The number of rotatable bonds is 5. The van der Waals surface area contributed by atoms with E-state index in [2.05, 4.69) is 15.3 Å². The van der Waals surface area contributed by atoms with Crippen molar-refractivity contribution in [1.29, 1.82) is 0 Å². The zero-order valence-electron chi connectivity index (χ0n) is 11.0. The number of nitrogens with zero attached hydrogens (tertiary/aromatic N) is 2. The van der Waals surface area contributed by atoms with Gasteiger partial charge in [0.05, 0.1) is 12.2 Å². The van der Waals surface area contributed by atoms with E-state index < -0.39 is 5.82 Å². The average Bonchev–Trinajstić information content (AvgIpc) is 2.44. The fourth-order valence-electron chi connectivity index (χ4n) is 1.55. The largest absolute Gasteiger partial charge is 0.481 e. The Bertz CT molecular complexity index is 604. The summed E-state index contributed by atoms with van der Waals surface area (Å²) in [6, 6.07) is 7.71. The SMILES string of the molecule is Cc1cc(CNC(=O)COc2ccccc2F)ncn1. The second-order valence-electron chi connectivity index (χ2n) is 4.15. The van der Waals surface area contributed by atoms with Crippen LogP contribution >= 0.6 is 0 Å². The number of aryl methyl sites for hydroxylation is 1. The number of halogens is 1. The molecule has 5 nitrogen and oxygen atoms in total. The Morgan fingerprint density at radius 3 is 2.90 bits per heavy atom. The van der Waals surface area contributed by atoms with E-state index in [0.29, 0.717) is 5.69 Å². The Kier molecular flexibility index (Phi) is 4.60. The van der Waals surface area contributed by atoms with E-state index in [0.717, 1.165) is 5.69 Å². The van der Waals surface area contributed by atoms with E-state index in [1.165, 1.54) is 18.5 Å². The molecule has 1 aromatic heterocycles. The minimum absolute atomic E-state index is 0.0560. The van der Waals surface area contributed by atoms with Gasteiger partial charge in [-0.05, 0) is 25.1 Å². The second-order valence-corrected chi connectivity index (χ2v) is 4.15. The van der Waals surface area contributed by atoms with Gasteiger partial charge in [0.1, 0.15) is 6.33 Å². The number of hydrogen-bond donors (Lipinski definition) is 1. The van der Waals surface area contributed by atoms with E-state index >= 15 is 0 Å². The zero-order chi connectivity index (χ0) is 14.4. The molecule has 0 saturated carbocycles. The third kappa shape index (κ3) is 4.01. The number of para-hydroxylation sites is 1. The molecule has 0 spiro atoms. The van der Waals surface area contributed by atoms with E-state index in [1.807, 2.05) is 6.92 Å². The molecular weight excluding hydrogens is 261 g/mol. The summed E-state index contributed by atoms with van der Waals surface area (Å²) in [4.78, 5) is 19.6. The van der Waals surface area contributed by atoms with Crippen LogP contribution in [0.3, 0.4) is 0 Å². The van der Waals surface area contributed by atoms with Gasteiger partial charge in [-0.1, -0.05) is 12.1 Å². The Morgan fingerprint density at radius 1 is 1.35 bits per heavy atom. The molecule has 1 amide bonds. The maximum atomic E-state index is 13.3. The highest BCUT2D eigenvalue weighted by Crippen LogP contribution is 2.14. The van der Waals surface area contributed by atoms with E-state index in [9.17, 15) is 9.18 Å². The van der Waals surface area contributed by atoms with Crippen LogP contribution in [0.4, 0.5) is 4.39 Å². The van der Waals surface area contributed by atoms with Crippen LogP contribution in [0, 0.1) is 12.7 Å². The first-order chi connectivity index (χ1) is 9.65. The van der Waals surface area contributed by atoms with Crippen LogP contribution in [0.2, 0.25) is 0 Å². The summed E-state index contributed by atoms with van der Waals surface area (Å²) in [7, 11) is 0. The number of carbonyl (C=O) groups excluding carboxylic acids is 1. The fourth-order valence-corrected chi connectivity index (χ4v) is 1.55.